The molecule has 2 aliphatic rings. The standard InChI is InChI=1S/2C12H9O2.Ru/c2*13-12(10-6-4-5-7-10)14-11-8-2-1-3-9-11;/h2*1-9H;/q;;+2. The Morgan fingerprint density at radius 2 is 0.828 bits per heavy atom. The van der Waals surface area contributed by atoms with Gasteiger partial charge in [-0.15, -0.1) is 0 Å². The quantitative estimate of drug-likeness (QED) is 0.385. The first kappa shape index (κ1) is 23.3. The van der Waals surface area contributed by atoms with Crippen LogP contribution in [0, 0.1) is 63.2 Å². The number of esters is 2. The van der Waals surface area contributed by atoms with E-state index in [4.69, 9.17) is 9.47 Å². The molecule has 0 bridgehead atoms. The molecule has 2 fully saturated rings. The van der Waals surface area contributed by atoms with Crippen LogP contribution in [-0.4, -0.2) is 11.9 Å². The number of hydrogen-bond donors (Lipinski definition) is 0. The zero-order valence-corrected chi connectivity index (χ0v) is 17.1. The second-order valence-electron chi connectivity index (χ2n) is 5.75. The normalized spacial score (nSPS) is 16.3. The van der Waals surface area contributed by atoms with Crippen molar-refractivity contribution in [2.45, 2.75) is 0 Å². The van der Waals surface area contributed by atoms with Crippen molar-refractivity contribution in [2.75, 3.05) is 0 Å². The average molecular weight is 471 g/mol. The van der Waals surface area contributed by atoms with Crippen LogP contribution in [0.2, 0.25) is 0 Å². The molecule has 0 aliphatic heterocycles. The summed E-state index contributed by atoms with van der Waals surface area (Å²) >= 11 is 0. The predicted octanol–water partition coefficient (Wildman–Crippen LogP) is 3.99. The average Bonchev–Trinajstić information content (AvgIpc) is 3.44. The van der Waals surface area contributed by atoms with Gasteiger partial charge in [0.2, 0.25) is 0 Å². The molecule has 2 aromatic rings. The number of para-hydroxylation sites is 2. The molecule has 0 amide bonds. The van der Waals surface area contributed by atoms with E-state index in [-0.39, 0.29) is 31.4 Å². The molecule has 29 heavy (non-hydrogen) atoms. The Labute approximate surface area is 185 Å². The van der Waals surface area contributed by atoms with E-state index in [0.29, 0.717) is 23.3 Å². The predicted molar refractivity (Wildman–Crippen MR) is 105 cm³/mol. The molecule has 0 saturated heterocycles. The Balaban J connectivity index is 0.000000200. The summed E-state index contributed by atoms with van der Waals surface area (Å²) in [7, 11) is 0. The molecule has 0 N–H and O–H groups in total. The summed E-state index contributed by atoms with van der Waals surface area (Å²) in [5.41, 5.74) is 0. The fourth-order valence-electron chi connectivity index (χ4n) is 2.33. The molecular weight excluding hydrogens is 453 g/mol. The van der Waals surface area contributed by atoms with Crippen LogP contribution < -0.4 is 9.47 Å². The van der Waals surface area contributed by atoms with Crippen molar-refractivity contribution >= 4 is 11.9 Å². The fourth-order valence-corrected chi connectivity index (χ4v) is 2.33. The third-order valence-corrected chi connectivity index (χ3v) is 3.70. The van der Waals surface area contributed by atoms with E-state index in [2.05, 4.69) is 0 Å². The van der Waals surface area contributed by atoms with E-state index in [1.54, 1.807) is 49.9 Å². The maximum Gasteiger partial charge on any atom is 2.00 e. The first-order valence-corrected chi connectivity index (χ1v) is 8.70. The first-order valence-electron chi connectivity index (χ1n) is 8.70. The van der Waals surface area contributed by atoms with E-state index in [9.17, 15) is 9.59 Å². The van der Waals surface area contributed by atoms with Crippen molar-refractivity contribution in [3.63, 3.8) is 0 Å². The molecular formula is C24H18O4Ru+2. The van der Waals surface area contributed by atoms with Gasteiger partial charge in [0, 0.05) is 0 Å². The Bertz CT molecular complexity index is 670. The van der Waals surface area contributed by atoms with Crippen molar-refractivity contribution in [2.24, 2.45) is 0 Å². The second kappa shape index (κ2) is 12.5. The zero-order valence-electron chi connectivity index (χ0n) is 15.4. The summed E-state index contributed by atoms with van der Waals surface area (Å²) in [6.07, 6.45) is 14.1. The van der Waals surface area contributed by atoms with Crippen molar-refractivity contribution < 1.29 is 38.5 Å². The molecule has 4 nitrogen and oxygen atoms in total. The van der Waals surface area contributed by atoms with Gasteiger partial charge in [-0.1, -0.05) is 36.4 Å². The Morgan fingerprint density at radius 1 is 0.517 bits per heavy atom. The summed E-state index contributed by atoms with van der Waals surface area (Å²) in [5, 5.41) is 0. The first-order chi connectivity index (χ1) is 13.7. The molecule has 4 rings (SSSR count). The summed E-state index contributed by atoms with van der Waals surface area (Å²) in [4.78, 5) is 22.9. The Kier molecular flexibility index (Phi) is 10.1. The van der Waals surface area contributed by atoms with Gasteiger partial charge in [0.05, 0.1) is 11.8 Å². The van der Waals surface area contributed by atoms with Crippen molar-refractivity contribution in [1.82, 2.24) is 0 Å². The van der Waals surface area contributed by atoms with Crippen LogP contribution in [-0.2, 0) is 29.1 Å². The Morgan fingerprint density at radius 3 is 1.14 bits per heavy atom. The molecule has 0 aromatic heterocycles. The molecule has 2 saturated carbocycles. The minimum atomic E-state index is -0.318. The van der Waals surface area contributed by atoms with Crippen LogP contribution in [0.25, 0.3) is 0 Å². The number of carbonyl (C=O) groups excluding carboxylic acids is 2. The molecule has 5 heteroatoms. The third-order valence-electron chi connectivity index (χ3n) is 3.70. The number of hydrogen-bond acceptors (Lipinski definition) is 4. The van der Waals surface area contributed by atoms with Gasteiger partial charge in [-0.2, -0.15) is 0 Å². The van der Waals surface area contributed by atoms with Crippen LogP contribution in [0.15, 0.2) is 60.7 Å². The smallest absolute Gasteiger partial charge is 0.426 e. The van der Waals surface area contributed by atoms with Gasteiger partial charge < -0.3 is 9.47 Å². The molecule has 144 valence electrons. The maximum absolute atomic E-state index is 11.5. The Hall–Kier alpha value is -2.00. The van der Waals surface area contributed by atoms with Crippen LogP contribution in [0.3, 0.4) is 0 Å². The summed E-state index contributed by atoms with van der Waals surface area (Å²) in [5.74, 6) is 1.66. The molecule has 0 unspecified atom stereocenters. The van der Waals surface area contributed by atoms with E-state index in [1.807, 2.05) is 62.1 Å². The van der Waals surface area contributed by atoms with Crippen molar-refractivity contribution in [3.05, 3.63) is 124 Å². The van der Waals surface area contributed by atoms with Crippen molar-refractivity contribution in [1.29, 1.82) is 0 Å². The largest absolute Gasteiger partial charge is 2.00 e. The summed E-state index contributed by atoms with van der Waals surface area (Å²) in [6, 6.07) is 18.1. The topological polar surface area (TPSA) is 52.6 Å². The van der Waals surface area contributed by atoms with E-state index in [1.165, 1.54) is 0 Å². The number of ether oxygens (including phenoxy) is 2. The summed E-state index contributed by atoms with van der Waals surface area (Å²) in [6.45, 7) is 0. The van der Waals surface area contributed by atoms with Gasteiger partial charge in [0.15, 0.2) is 0 Å². The molecule has 10 radical (unpaired) electrons. The monoisotopic (exact) mass is 472 g/mol. The van der Waals surface area contributed by atoms with Gasteiger partial charge in [0.1, 0.15) is 11.5 Å². The second-order valence-corrected chi connectivity index (χ2v) is 5.75. The molecule has 0 heterocycles. The molecule has 0 spiro atoms. The third kappa shape index (κ3) is 7.74. The van der Waals surface area contributed by atoms with Gasteiger partial charge in [-0.25, -0.2) is 0 Å². The van der Waals surface area contributed by atoms with Crippen LogP contribution in [0.4, 0.5) is 0 Å². The van der Waals surface area contributed by atoms with Gasteiger partial charge >= 0.3 is 31.4 Å². The molecule has 0 atom stereocenters. The van der Waals surface area contributed by atoms with E-state index in [0.717, 1.165) is 0 Å². The molecule has 2 aromatic carbocycles. The summed E-state index contributed by atoms with van der Waals surface area (Å²) < 4.78 is 10.2. The van der Waals surface area contributed by atoms with Crippen LogP contribution in [0.5, 0.6) is 11.5 Å². The van der Waals surface area contributed by atoms with Crippen LogP contribution >= 0.6 is 0 Å². The van der Waals surface area contributed by atoms with Gasteiger partial charge in [-0.05, 0) is 75.6 Å². The number of benzene rings is 2. The minimum absolute atomic E-state index is 0. The maximum atomic E-state index is 11.5. The minimum Gasteiger partial charge on any atom is -0.426 e. The van der Waals surface area contributed by atoms with Gasteiger partial charge in [0.25, 0.3) is 0 Å². The van der Waals surface area contributed by atoms with E-state index < -0.39 is 0 Å². The fraction of sp³-hybridized carbons (Fsp3) is 0. The molecule has 2 aliphatic carbocycles. The van der Waals surface area contributed by atoms with Gasteiger partial charge in [-0.3, -0.25) is 9.59 Å². The SMILES string of the molecule is O=C(Oc1ccccc1)[C]1[CH][CH][CH][CH]1.O=C(Oc1ccccc1)[C]1[CH][CH][CH][CH]1.[Ru+2]. The zero-order chi connectivity index (χ0) is 19.6. The van der Waals surface area contributed by atoms with Crippen molar-refractivity contribution in [3.8, 4) is 11.5 Å². The number of carbonyl (C=O) groups is 2. The number of rotatable bonds is 4. The van der Waals surface area contributed by atoms with Crippen LogP contribution in [0.1, 0.15) is 0 Å². The van der Waals surface area contributed by atoms with E-state index >= 15 is 0 Å².